The van der Waals surface area contributed by atoms with Crippen LogP contribution in [0.25, 0.3) is 10.9 Å². The average molecular weight is 232 g/mol. The van der Waals surface area contributed by atoms with E-state index < -0.39 is 4.92 Å². The van der Waals surface area contributed by atoms with Gasteiger partial charge in [-0.05, 0) is 19.1 Å². The van der Waals surface area contributed by atoms with Crippen molar-refractivity contribution in [2.24, 2.45) is 0 Å². The Kier molecular flexibility index (Phi) is 2.47. The van der Waals surface area contributed by atoms with Crippen molar-refractivity contribution in [3.63, 3.8) is 0 Å². The van der Waals surface area contributed by atoms with Crippen LogP contribution in [0.4, 0.5) is 5.69 Å². The molecule has 0 atom stereocenters. The molecule has 0 saturated heterocycles. The summed E-state index contributed by atoms with van der Waals surface area (Å²) in [5.74, 6) is -0.391. The summed E-state index contributed by atoms with van der Waals surface area (Å²) in [7, 11) is 0. The molecule has 0 radical (unpaired) electrons. The van der Waals surface area contributed by atoms with E-state index >= 15 is 0 Å². The Labute approximate surface area is 95.7 Å². The van der Waals surface area contributed by atoms with Crippen LogP contribution in [0.2, 0.25) is 0 Å². The number of rotatable bonds is 2. The molecule has 0 aliphatic heterocycles. The molecule has 1 aromatic carbocycles. The molecule has 1 aromatic heterocycles. The number of carbonyl (C=O) groups is 1. The van der Waals surface area contributed by atoms with Gasteiger partial charge in [-0.15, -0.1) is 0 Å². The molecule has 6 heteroatoms. The van der Waals surface area contributed by atoms with E-state index in [-0.39, 0.29) is 33.7 Å². The Balaban J connectivity index is 2.85. The number of hydrogen-bond donors (Lipinski definition) is 1. The second-order valence-electron chi connectivity index (χ2n) is 3.54. The number of fused-ring (bicyclic) bond motifs is 1. The van der Waals surface area contributed by atoms with Gasteiger partial charge in [0.05, 0.1) is 10.3 Å². The minimum absolute atomic E-state index is 0.115. The zero-order chi connectivity index (χ0) is 12.6. The highest BCUT2D eigenvalue weighted by atomic mass is 16.6. The Bertz CT molecular complexity index is 637. The van der Waals surface area contributed by atoms with E-state index in [0.717, 1.165) is 0 Å². The first-order chi connectivity index (χ1) is 8.00. The summed E-state index contributed by atoms with van der Waals surface area (Å²) in [6.07, 6.45) is 1.29. The van der Waals surface area contributed by atoms with Crippen LogP contribution < -0.4 is 0 Å². The SMILES string of the molecule is CC(=O)c1cnc2c(O)ccc([N+](=O)[O-])c2c1. The van der Waals surface area contributed by atoms with Gasteiger partial charge in [-0.2, -0.15) is 0 Å². The van der Waals surface area contributed by atoms with Crippen molar-refractivity contribution in [1.82, 2.24) is 4.98 Å². The number of nitro benzene ring substituents is 1. The van der Waals surface area contributed by atoms with Gasteiger partial charge in [-0.1, -0.05) is 0 Å². The Morgan fingerprint density at radius 2 is 2.18 bits per heavy atom. The quantitative estimate of drug-likeness (QED) is 0.485. The van der Waals surface area contributed by atoms with Crippen LogP contribution in [0.3, 0.4) is 0 Å². The number of nitro groups is 1. The third-order valence-electron chi connectivity index (χ3n) is 2.41. The van der Waals surface area contributed by atoms with Gasteiger partial charge in [0.15, 0.2) is 5.78 Å². The van der Waals surface area contributed by atoms with Crippen LogP contribution in [0.1, 0.15) is 17.3 Å². The molecule has 86 valence electrons. The maximum absolute atomic E-state index is 11.2. The smallest absolute Gasteiger partial charge is 0.279 e. The summed E-state index contributed by atoms with van der Waals surface area (Å²) >= 11 is 0. The maximum Gasteiger partial charge on any atom is 0.279 e. The highest BCUT2D eigenvalue weighted by molar-refractivity contribution is 6.00. The van der Waals surface area contributed by atoms with Gasteiger partial charge in [-0.3, -0.25) is 19.9 Å². The first kappa shape index (κ1) is 11.0. The number of hydrogen-bond acceptors (Lipinski definition) is 5. The first-order valence-corrected chi connectivity index (χ1v) is 4.78. The van der Waals surface area contributed by atoms with Crippen LogP contribution in [0.15, 0.2) is 24.4 Å². The number of nitrogens with zero attached hydrogens (tertiary/aromatic N) is 2. The molecular formula is C11H8N2O4. The lowest BCUT2D eigenvalue weighted by molar-refractivity contribution is -0.383. The van der Waals surface area contributed by atoms with E-state index in [4.69, 9.17) is 0 Å². The zero-order valence-electron chi connectivity index (χ0n) is 8.88. The minimum Gasteiger partial charge on any atom is -0.506 e. The molecule has 2 aromatic rings. The lowest BCUT2D eigenvalue weighted by Gasteiger charge is -2.02. The third-order valence-corrected chi connectivity index (χ3v) is 2.41. The summed E-state index contributed by atoms with van der Waals surface area (Å²) in [6, 6.07) is 3.76. The van der Waals surface area contributed by atoms with Crippen LogP contribution in [0, 0.1) is 10.1 Å². The van der Waals surface area contributed by atoms with Crippen LogP contribution in [-0.4, -0.2) is 20.8 Å². The molecule has 1 heterocycles. The van der Waals surface area contributed by atoms with E-state index in [1.165, 1.54) is 31.3 Å². The highest BCUT2D eigenvalue weighted by Gasteiger charge is 2.16. The van der Waals surface area contributed by atoms with Gasteiger partial charge in [0.1, 0.15) is 11.3 Å². The van der Waals surface area contributed by atoms with E-state index in [0.29, 0.717) is 0 Å². The molecule has 1 N–H and O–H groups in total. The van der Waals surface area contributed by atoms with Crippen LogP contribution >= 0.6 is 0 Å². The van der Waals surface area contributed by atoms with Gasteiger partial charge >= 0.3 is 0 Å². The Hall–Kier alpha value is -2.50. The van der Waals surface area contributed by atoms with E-state index in [9.17, 15) is 20.0 Å². The predicted molar refractivity (Wildman–Crippen MR) is 60.1 cm³/mol. The summed E-state index contributed by atoms with van der Waals surface area (Å²) in [4.78, 5) is 25.3. The Morgan fingerprint density at radius 3 is 2.76 bits per heavy atom. The fourth-order valence-electron chi connectivity index (χ4n) is 1.54. The van der Waals surface area contributed by atoms with Crippen molar-refractivity contribution in [3.05, 3.63) is 40.1 Å². The second-order valence-corrected chi connectivity index (χ2v) is 3.54. The molecule has 0 unspecified atom stereocenters. The number of aromatic nitrogens is 1. The molecule has 0 fully saturated rings. The predicted octanol–water partition coefficient (Wildman–Crippen LogP) is 2.05. The number of Topliss-reactive ketones (excluding diaryl/α,β-unsaturated/α-hetero) is 1. The molecule has 0 aliphatic rings. The highest BCUT2D eigenvalue weighted by Crippen LogP contribution is 2.31. The summed E-state index contributed by atoms with van der Waals surface area (Å²) < 4.78 is 0. The van der Waals surface area contributed by atoms with Gasteiger partial charge in [-0.25, -0.2) is 0 Å². The third kappa shape index (κ3) is 1.80. The van der Waals surface area contributed by atoms with Crippen LogP contribution in [-0.2, 0) is 0 Å². The fourth-order valence-corrected chi connectivity index (χ4v) is 1.54. The topological polar surface area (TPSA) is 93.3 Å². The number of ketones is 1. The zero-order valence-corrected chi connectivity index (χ0v) is 8.88. The molecular weight excluding hydrogens is 224 g/mol. The average Bonchev–Trinajstić information content (AvgIpc) is 2.28. The van der Waals surface area contributed by atoms with E-state index in [1.54, 1.807) is 0 Å². The molecule has 0 spiro atoms. The molecule has 0 aliphatic carbocycles. The van der Waals surface area contributed by atoms with Crippen molar-refractivity contribution in [2.45, 2.75) is 6.92 Å². The molecule has 17 heavy (non-hydrogen) atoms. The molecule has 0 saturated carbocycles. The number of aromatic hydroxyl groups is 1. The number of carbonyl (C=O) groups excluding carboxylic acids is 1. The maximum atomic E-state index is 11.2. The largest absolute Gasteiger partial charge is 0.506 e. The number of pyridine rings is 1. The number of phenols is 1. The summed E-state index contributed by atoms with van der Waals surface area (Å²) in [6.45, 7) is 1.34. The standard InChI is InChI=1S/C11H8N2O4/c1-6(14)7-4-8-9(13(16)17)2-3-10(15)11(8)12-5-7/h2-5,15H,1H3. The fraction of sp³-hybridized carbons (Fsp3) is 0.0909. The first-order valence-electron chi connectivity index (χ1n) is 4.78. The minimum atomic E-state index is -0.576. The van der Waals surface area contributed by atoms with Gasteiger partial charge in [0.25, 0.3) is 5.69 Å². The van der Waals surface area contributed by atoms with Crippen molar-refractivity contribution < 1.29 is 14.8 Å². The van der Waals surface area contributed by atoms with Gasteiger partial charge in [0, 0.05) is 17.8 Å². The van der Waals surface area contributed by atoms with Crippen molar-refractivity contribution in [2.75, 3.05) is 0 Å². The second kappa shape index (κ2) is 3.82. The van der Waals surface area contributed by atoms with Gasteiger partial charge in [0.2, 0.25) is 0 Å². The summed E-state index contributed by atoms with van der Waals surface area (Å²) in [5, 5.41) is 20.5. The monoisotopic (exact) mass is 232 g/mol. The lowest BCUT2D eigenvalue weighted by Crippen LogP contribution is -1.96. The molecule has 0 bridgehead atoms. The molecule has 6 nitrogen and oxygen atoms in total. The van der Waals surface area contributed by atoms with Gasteiger partial charge < -0.3 is 5.11 Å². The summed E-state index contributed by atoms with van der Waals surface area (Å²) in [5.41, 5.74) is 0.198. The number of benzene rings is 1. The molecule has 2 rings (SSSR count). The molecule has 0 amide bonds. The van der Waals surface area contributed by atoms with E-state index in [2.05, 4.69) is 4.98 Å². The number of phenolic OH excluding ortho intramolecular Hbond substituents is 1. The van der Waals surface area contributed by atoms with Crippen molar-refractivity contribution in [1.29, 1.82) is 0 Å². The van der Waals surface area contributed by atoms with Crippen molar-refractivity contribution >= 4 is 22.4 Å². The van der Waals surface area contributed by atoms with Crippen LogP contribution in [0.5, 0.6) is 5.75 Å². The Morgan fingerprint density at radius 1 is 1.47 bits per heavy atom. The number of non-ortho nitro benzene ring substituents is 1. The van der Waals surface area contributed by atoms with Crippen molar-refractivity contribution in [3.8, 4) is 5.75 Å². The lowest BCUT2D eigenvalue weighted by atomic mass is 10.1. The van der Waals surface area contributed by atoms with E-state index in [1.807, 2.05) is 0 Å². The normalized spacial score (nSPS) is 10.4.